The van der Waals surface area contributed by atoms with Crippen molar-refractivity contribution in [3.63, 3.8) is 0 Å². The van der Waals surface area contributed by atoms with Crippen molar-refractivity contribution in [2.24, 2.45) is 0 Å². The average Bonchev–Trinajstić information content (AvgIpc) is 3.65. The fourth-order valence-electron chi connectivity index (χ4n) is 6.93. The Labute approximate surface area is 292 Å². The molecule has 4 heterocycles. The number of hydrogen-bond donors (Lipinski definition) is 1. The molecule has 8 aromatic rings. The van der Waals surface area contributed by atoms with Gasteiger partial charge < -0.3 is 13.9 Å². The topological polar surface area (TPSA) is 76.5 Å². The Balaban J connectivity index is 1.37. The lowest BCUT2D eigenvalue weighted by Crippen LogP contribution is -2.17. The van der Waals surface area contributed by atoms with Crippen molar-refractivity contribution in [1.29, 1.82) is 0 Å². The number of aromatic hydroxyl groups is 1. The molecular formula is C44H40N4O2. The molecule has 0 saturated heterocycles. The zero-order valence-electron chi connectivity index (χ0n) is 29.5. The van der Waals surface area contributed by atoms with Gasteiger partial charge >= 0.3 is 0 Å². The standard InChI is InChI=1S/C44H40N4O2/c1-26-37(34-23-31(43(2,3)4)24-35(40(34)49)44(5,6)7)47-42-32(17-13-19-48(26)42)29-20-28(27-14-9-8-10-15-27)21-30(22-29)38-41-39(46-25-45-38)33-16-11-12-18-36(33)50-41/h8-25,49H,1-7H3. The molecule has 0 bridgehead atoms. The normalized spacial score (nSPS) is 12.4. The van der Waals surface area contributed by atoms with Gasteiger partial charge in [0.15, 0.2) is 5.58 Å². The largest absolute Gasteiger partial charge is 0.507 e. The Morgan fingerprint density at radius 2 is 1.38 bits per heavy atom. The second-order valence-corrected chi connectivity index (χ2v) is 15.2. The minimum Gasteiger partial charge on any atom is -0.507 e. The number of phenolic OH excluding ortho intramolecular Hbond substituents is 1. The Morgan fingerprint density at radius 1 is 0.660 bits per heavy atom. The van der Waals surface area contributed by atoms with Crippen LogP contribution in [0.1, 0.15) is 58.4 Å². The number of imidazole rings is 1. The molecule has 0 aliphatic rings. The van der Waals surface area contributed by atoms with E-state index in [0.29, 0.717) is 5.58 Å². The maximum Gasteiger partial charge on any atom is 0.180 e. The molecule has 50 heavy (non-hydrogen) atoms. The average molecular weight is 657 g/mol. The van der Waals surface area contributed by atoms with E-state index in [1.54, 1.807) is 6.33 Å². The molecule has 1 N–H and O–H groups in total. The van der Waals surface area contributed by atoms with Gasteiger partial charge in [0, 0.05) is 39.5 Å². The molecule has 0 fully saturated rings. The number of aromatic nitrogens is 4. The summed E-state index contributed by atoms with van der Waals surface area (Å²) in [5.41, 5.74) is 13.0. The van der Waals surface area contributed by atoms with Gasteiger partial charge in [0.05, 0.1) is 5.69 Å². The summed E-state index contributed by atoms with van der Waals surface area (Å²) in [6.07, 6.45) is 3.66. The highest BCUT2D eigenvalue weighted by molar-refractivity contribution is 6.06. The molecule has 0 spiro atoms. The fraction of sp³-hybridized carbons (Fsp3) is 0.205. The number of hydrogen-bond acceptors (Lipinski definition) is 5. The van der Waals surface area contributed by atoms with Crippen LogP contribution in [0.15, 0.2) is 114 Å². The number of nitrogens with zero attached hydrogens (tertiary/aromatic N) is 4. The monoisotopic (exact) mass is 656 g/mol. The van der Waals surface area contributed by atoms with Crippen LogP contribution in [0, 0.1) is 6.92 Å². The van der Waals surface area contributed by atoms with Crippen LogP contribution in [0.2, 0.25) is 0 Å². The van der Waals surface area contributed by atoms with Gasteiger partial charge in [-0.1, -0.05) is 90.1 Å². The molecule has 0 unspecified atom stereocenters. The Kier molecular flexibility index (Phi) is 7.19. The fourth-order valence-corrected chi connectivity index (χ4v) is 6.93. The second kappa shape index (κ2) is 11.4. The van der Waals surface area contributed by atoms with Gasteiger partial charge in [0.25, 0.3) is 0 Å². The third kappa shape index (κ3) is 5.23. The van der Waals surface area contributed by atoms with Gasteiger partial charge in [-0.05, 0) is 88.5 Å². The van der Waals surface area contributed by atoms with Gasteiger partial charge in [-0.25, -0.2) is 15.0 Å². The van der Waals surface area contributed by atoms with E-state index < -0.39 is 0 Å². The summed E-state index contributed by atoms with van der Waals surface area (Å²) in [5.74, 6) is 0.283. The van der Waals surface area contributed by atoms with E-state index >= 15 is 0 Å². The van der Waals surface area contributed by atoms with Crippen molar-refractivity contribution in [1.82, 2.24) is 19.4 Å². The summed E-state index contributed by atoms with van der Waals surface area (Å²) in [7, 11) is 0. The first-order chi connectivity index (χ1) is 23.9. The zero-order valence-corrected chi connectivity index (χ0v) is 29.5. The van der Waals surface area contributed by atoms with Crippen LogP contribution < -0.4 is 0 Å². The summed E-state index contributed by atoms with van der Waals surface area (Å²) in [6, 6.07) is 33.3. The molecule has 0 atom stereocenters. The first-order valence-corrected chi connectivity index (χ1v) is 17.1. The third-order valence-corrected chi connectivity index (χ3v) is 9.71. The molecule has 0 amide bonds. The van der Waals surface area contributed by atoms with Crippen molar-refractivity contribution in [2.45, 2.75) is 59.3 Å². The maximum absolute atomic E-state index is 11.8. The predicted octanol–water partition coefficient (Wildman–Crippen LogP) is 11.3. The SMILES string of the molecule is Cc1c(-c2cc(C(C)(C)C)cc(C(C)(C)C)c2O)nc2c(-c3cc(-c4ccccc4)cc(-c4ncnc5c4oc4ccccc45)c3)cccn12. The van der Waals surface area contributed by atoms with E-state index in [1.807, 2.05) is 36.5 Å². The summed E-state index contributed by atoms with van der Waals surface area (Å²) >= 11 is 0. The number of phenols is 1. The smallest absolute Gasteiger partial charge is 0.180 e. The van der Waals surface area contributed by atoms with Crippen molar-refractivity contribution in [2.75, 3.05) is 0 Å². The number of fused-ring (bicyclic) bond motifs is 4. The molecular weight excluding hydrogens is 617 g/mol. The second-order valence-electron chi connectivity index (χ2n) is 15.2. The van der Waals surface area contributed by atoms with Crippen LogP contribution in [0.3, 0.4) is 0 Å². The first-order valence-electron chi connectivity index (χ1n) is 17.1. The number of rotatable bonds is 4. The van der Waals surface area contributed by atoms with Crippen LogP contribution >= 0.6 is 0 Å². The number of pyridine rings is 1. The molecule has 0 saturated carbocycles. The minimum absolute atomic E-state index is 0.110. The van der Waals surface area contributed by atoms with Crippen molar-refractivity contribution >= 4 is 27.7 Å². The molecule has 0 aliphatic carbocycles. The molecule has 0 aliphatic heterocycles. The van der Waals surface area contributed by atoms with Gasteiger partial charge in [-0.3, -0.25) is 0 Å². The van der Waals surface area contributed by atoms with Crippen LogP contribution in [-0.4, -0.2) is 24.5 Å². The maximum atomic E-state index is 11.8. The van der Waals surface area contributed by atoms with Gasteiger partial charge in [-0.15, -0.1) is 0 Å². The van der Waals surface area contributed by atoms with Crippen LogP contribution in [-0.2, 0) is 10.8 Å². The van der Waals surface area contributed by atoms with Crippen molar-refractivity contribution in [3.8, 4) is 50.5 Å². The number of aryl methyl sites for hydroxylation is 1. The molecule has 8 rings (SSSR count). The molecule has 4 aromatic carbocycles. The minimum atomic E-state index is -0.251. The highest BCUT2D eigenvalue weighted by atomic mass is 16.3. The number of benzene rings is 4. The third-order valence-electron chi connectivity index (χ3n) is 9.71. The van der Waals surface area contributed by atoms with E-state index in [9.17, 15) is 5.11 Å². The summed E-state index contributed by atoms with van der Waals surface area (Å²) in [5, 5.41) is 12.8. The lowest BCUT2D eigenvalue weighted by atomic mass is 9.78. The number of para-hydroxylation sites is 1. The van der Waals surface area contributed by atoms with Gasteiger partial charge in [0.2, 0.25) is 0 Å². The van der Waals surface area contributed by atoms with Crippen molar-refractivity contribution < 1.29 is 9.52 Å². The van der Waals surface area contributed by atoms with E-state index in [-0.39, 0.29) is 16.6 Å². The van der Waals surface area contributed by atoms with E-state index in [1.165, 1.54) is 0 Å². The van der Waals surface area contributed by atoms with Crippen LogP contribution in [0.5, 0.6) is 5.75 Å². The van der Waals surface area contributed by atoms with Crippen LogP contribution in [0.25, 0.3) is 72.5 Å². The molecule has 6 heteroatoms. The van der Waals surface area contributed by atoms with Crippen molar-refractivity contribution in [3.05, 3.63) is 126 Å². The first kappa shape index (κ1) is 31.5. The Hall–Kier alpha value is -5.75. The molecule has 248 valence electrons. The lowest BCUT2D eigenvalue weighted by molar-refractivity contribution is 0.446. The van der Waals surface area contributed by atoms with E-state index in [0.717, 1.165) is 83.7 Å². The molecule has 6 nitrogen and oxygen atoms in total. The van der Waals surface area contributed by atoms with E-state index in [2.05, 4.69) is 125 Å². The van der Waals surface area contributed by atoms with Gasteiger partial charge in [0.1, 0.15) is 34.5 Å². The summed E-state index contributed by atoms with van der Waals surface area (Å²) in [6.45, 7) is 15.1. The van der Waals surface area contributed by atoms with E-state index in [4.69, 9.17) is 14.4 Å². The van der Waals surface area contributed by atoms with Crippen LogP contribution in [0.4, 0.5) is 0 Å². The quantitative estimate of drug-likeness (QED) is 0.204. The Morgan fingerprint density at radius 3 is 2.14 bits per heavy atom. The molecule has 4 aromatic heterocycles. The number of furan rings is 1. The highest BCUT2D eigenvalue weighted by Gasteiger charge is 2.28. The lowest BCUT2D eigenvalue weighted by Gasteiger charge is -2.27. The predicted molar refractivity (Wildman–Crippen MR) is 204 cm³/mol. The van der Waals surface area contributed by atoms with Gasteiger partial charge in [-0.2, -0.15) is 0 Å². The highest BCUT2D eigenvalue weighted by Crippen LogP contribution is 2.44. The summed E-state index contributed by atoms with van der Waals surface area (Å²) in [4.78, 5) is 14.7. The Bertz CT molecular complexity index is 2580. The zero-order chi connectivity index (χ0) is 34.9. The molecule has 0 radical (unpaired) electrons. The summed E-state index contributed by atoms with van der Waals surface area (Å²) < 4.78 is 8.51.